The van der Waals surface area contributed by atoms with Crippen molar-refractivity contribution in [3.63, 3.8) is 0 Å². The van der Waals surface area contributed by atoms with Gasteiger partial charge in [-0.05, 0) is 48.9 Å². The molecule has 1 aliphatic heterocycles. The van der Waals surface area contributed by atoms with E-state index in [1.54, 1.807) is 43.3 Å². The number of benzene rings is 2. The highest BCUT2D eigenvalue weighted by molar-refractivity contribution is 9.10. The molecule has 0 bridgehead atoms. The third-order valence-corrected chi connectivity index (χ3v) is 5.57. The molecule has 0 saturated heterocycles. The molecule has 3 rings (SSSR count). The van der Waals surface area contributed by atoms with Gasteiger partial charge in [0.2, 0.25) is 0 Å². The summed E-state index contributed by atoms with van der Waals surface area (Å²) in [5.74, 6) is -0.852. The average molecular weight is 514 g/mol. The largest absolute Gasteiger partial charge is 0.493 e. The summed E-state index contributed by atoms with van der Waals surface area (Å²) in [6.45, 7) is 1.21. The first-order valence-electron chi connectivity index (χ1n) is 8.50. The molecule has 0 aliphatic carbocycles. The van der Waals surface area contributed by atoms with E-state index in [9.17, 15) is 9.59 Å². The number of carboxylic acid groups (broad SMARTS) is 1. The van der Waals surface area contributed by atoms with E-state index >= 15 is 0 Å². The SMILES string of the molecule is COc1cc(/C=C2/C(=O)N(c3ccc(Cl)c(Cl)c3)N=C2C)c(Br)cc1OCC(=O)O. The zero-order valence-electron chi connectivity index (χ0n) is 15.8. The minimum absolute atomic E-state index is 0.259. The summed E-state index contributed by atoms with van der Waals surface area (Å²) in [4.78, 5) is 23.7. The third-order valence-electron chi connectivity index (χ3n) is 4.14. The number of anilines is 1. The van der Waals surface area contributed by atoms with Crippen molar-refractivity contribution >= 4 is 68.5 Å². The Balaban J connectivity index is 1.94. The number of aliphatic carboxylic acids is 1. The first-order valence-corrected chi connectivity index (χ1v) is 10.0. The second-order valence-electron chi connectivity index (χ2n) is 6.17. The van der Waals surface area contributed by atoms with Crippen LogP contribution in [0.15, 0.2) is 45.5 Å². The van der Waals surface area contributed by atoms with Crippen molar-refractivity contribution in [1.82, 2.24) is 0 Å². The van der Waals surface area contributed by atoms with Gasteiger partial charge in [0.25, 0.3) is 5.91 Å². The predicted molar refractivity (Wildman–Crippen MR) is 119 cm³/mol. The fourth-order valence-electron chi connectivity index (χ4n) is 2.70. The number of hydrogen-bond acceptors (Lipinski definition) is 5. The molecule has 2 aromatic rings. The van der Waals surface area contributed by atoms with Gasteiger partial charge < -0.3 is 14.6 Å². The molecule has 1 heterocycles. The molecular weight excluding hydrogens is 499 g/mol. The van der Waals surface area contributed by atoms with Crippen LogP contribution < -0.4 is 14.5 Å². The van der Waals surface area contributed by atoms with Crippen molar-refractivity contribution in [2.24, 2.45) is 5.10 Å². The second kappa shape index (κ2) is 9.07. The molecule has 0 unspecified atom stereocenters. The van der Waals surface area contributed by atoms with Crippen LogP contribution >= 0.6 is 39.1 Å². The summed E-state index contributed by atoms with van der Waals surface area (Å²) >= 11 is 15.4. The van der Waals surface area contributed by atoms with Crippen molar-refractivity contribution in [2.45, 2.75) is 6.92 Å². The Morgan fingerprint density at radius 1 is 1.23 bits per heavy atom. The van der Waals surface area contributed by atoms with Gasteiger partial charge in [0.15, 0.2) is 18.1 Å². The van der Waals surface area contributed by atoms with Gasteiger partial charge in [0, 0.05) is 4.47 Å². The first-order chi connectivity index (χ1) is 14.2. The van der Waals surface area contributed by atoms with Crippen molar-refractivity contribution in [3.8, 4) is 11.5 Å². The lowest BCUT2D eigenvalue weighted by molar-refractivity contribution is -0.139. The van der Waals surface area contributed by atoms with E-state index in [2.05, 4.69) is 21.0 Å². The molecule has 10 heteroatoms. The number of ether oxygens (including phenoxy) is 2. The van der Waals surface area contributed by atoms with Crippen molar-refractivity contribution in [3.05, 3.63) is 56.0 Å². The van der Waals surface area contributed by atoms with Crippen LogP contribution in [0.1, 0.15) is 12.5 Å². The van der Waals surface area contributed by atoms with Crippen LogP contribution in [0.4, 0.5) is 5.69 Å². The number of carbonyl (C=O) groups excluding carboxylic acids is 1. The predicted octanol–water partition coefficient (Wildman–Crippen LogP) is 5.03. The monoisotopic (exact) mass is 512 g/mol. The molecule has 0 saturated carbocycles. The Morgan fingerprint density at radius 2 is 1.97 bits per heavy atom. The molecule has 30 heavy (non-hydrogen) atoms. The quantitative estimate of drug-likeness (QED) is 0.547. The number of rotatable bonds is 6. The minimum atomic E-state index is -1.11. The minimum Gasteiger partial charge on any atom is -0.493 e. The fourth-order valence-corrected chi connectivity index (χ4v) is 3.43. The lowest BCUT2D eigenvalue weighted by Gasteiger charge is -2.13. The van der Waals surface area contributed by atoms with Gasteiger partial charge in [-0.15, -0.1) is 0 Å². The third kappa shape index (κ3) is 4.61. The van der Waals surface area contributed by atoms with Crippen LogP contribution in [0.5, 0.6) is 11.5 Å². The smallest absolute Gasteiger partial charge is 0.341 e. The van der Waals surface area contributed by atoms with E-state index in [4.69, 9.17) is 37.8 Å². The Labute approximate surface area is 190 Å². The average Bonchev–Trinajstić information content (AvgIpc) is 2.98. The van der Waals surface area contributed by atoms with Gasteiger partial charge in [0.1, 0.15) is 0 Å². The van der Waals surface area contributed by atoms with Crippen LogP contribution in [-0.2, 0) is 9.59 Å². The molecule has 0 fully saturated rings. The number of carboxylic acids is 1. The number of hydrazone groups is 1. The molecule has 1 aliphatic rings. The van der Waals surface area contributed by atoms with E-state index in [1.165, 1.54) is 12.1 Å². The summed E-state index contributed by atoms with van der Waals surface area (Å²) in [5.41, 5.74) is 2.01. The summed E-state index contributed by atoms with van der Waals surface area (Å²) in [7, 11) is 1.44. The van der Waals surface area contributed by atoms with Crippen molar-refractivity contribution in [1.29, 1.82) is 0 Å². The zero-order chi connectivity index (χ0) is 22.0. The topological polar surface area (TPSA) is 88.4 Å². The zero-order valence-corrected chi connectivity index (χ0v) is 18.9. The number of methoxy groups -OCH3 is 1. The van der Waals surface area contributed by atoms with Gasteiger partial charge in [0.05, 0.1) is 34.1 Å². The second-order valence-corrected chi connectivity index (χ2v) is 7.83. The van der Waals surface area contributed by atoms with E-state index in [0.29, 0.717) is 42.8 Å². The molecule has 0 radical (unpaired) electrons. The van der Waals surface area contributed by atoms with Gasteiger partial charge in [-0.1, -0.05) is 39.1 Å². The Morgan fingerprint density at radius 3 is 2.60 bits per heavy atom. The van der Waals surface area contributed by atoms with E-state index in [-0.39, 0.29) is 11.7 Å². The standard InChI is InChI=1S/C20H15BrCl2N2O5/c1-10-13(20(28)25(24-10)12-3-4-15(22)16(23)7-12)5-11-6-17(29-2)18(8-14(11)21)30-9-19(26)27/h3-8H,9H2,1-2H3,(H,26,27)/b13-5+. The molecular formula is C20H15BrCl2N2O5. The highest BCUT2D eigenvalue weighted by Crippen LogP contribution is 2.36. The Kier molecular flexibility index (Phi) is 6.70. The number of hydrogen-bond donors (Lipinski definition) is 1. The van der Waals surface area contributed by atoms with Crippen LogP contribution in [0, 0.1) is 0 Å². The van der Waals surface area contributed by atoms with Gasteiger partial charge in [-0.25, -0.2) is 4.79 Å². The van der Waals surface area contributed by atoms with Gasteiger partial charge >= 0.3 is 5.97 Å². The van der Waals surface area contributed by atoms with E-state index < -0.39 is 12.6 Å². The molecule has 0 aromatic heterocycles. The van der Waals surface area contributed by atoms with Crippen molar-refractivity contribution < 1.29 is 24.2 Å². The molecule has 7 nitrogen and oxygen atoms in total. The van der Waals surface area contributed by atoms with Crippen LogP contribution in [-0.4, -0.2) is 36.4 Å². The van der Waals surface area contributed by atoms with E-state index in [0.717, 1.165) is 0 Å². The maximum absolute atomic E-state index is 13.0. The molecule has 1 amide bonds. The highest BCUT2D eigenvalue weighted by atomic mass is 79.9. The summed E-state index contributed by atoms with van der Waals surface area (Å²) in [6, 6.07) is 8.03. The Hall–Kier alpha value is -2.55. The molecule has 2 aromatic carbocycles. The van der Waals surface area contributed by atoms with Crippen molar-refractivity contribution in [2.75, 3.05) is 18.7 Å². The summed E-state index contributed by atoms with van der Waals surface area (Å²) < 4.78 is 11.1. The lowest BCUT2D eigenvalue weighted by Crippen LogP contribution is -2.21. The molecule has 0 atom stereocenters. The first kappa shape index (κ1) is 22.1. The Bertz CT molecular complexity index is 1100. The van der Waals surface area contributed by atoms with Crippen LogP contribution in [0.3, 0.4) is 0 Å². The summed E-state index contributed by atoms with van der Waals surface area (Å²) in [6.07, 6.45) is 1.66. The maximum Gasteiger partial charge on any atom is 0.341 e. The molecule has 1 N–H and O–H groups in total. The fraction of sp³-hybridized carbons (Fsp3) is 0.150. The molecule has 156 valence electrons. The van der Waals surface area contributed by atoms with Crippen LogP contribution in [0.25, 0.3) is 6.08 Å². The normalized spacial score (nSPS) is 14.8. The van der Waals surface area contributed by atoms with E-state index in [1.807, 2.05) is 0 Å². The highest BCUT2D eigenvalue weighted by Gasteiger charge is 2.29. The maximum atomic E-state index is 13.0. The number of nitrogens with zero attached hydrogens (tertiary/aromatic N) is 2. The summed E-state index contributed by atoms with van der Waals surface area (Å²) in [5, 5.41) is 15.1. The van der Waals surface area contributed by atoms with Gasteiger partial charge in [-0.2, -0.15) is 10.1 Å². The number of carbonyl (C=O) groups is 2. The number of amides is 1. The van der Waals surface area contributed by atoms with Gasteiger partial charge in [-0.3, -0.25) is 4.79 Å². The lowest BCUT2D eigenvalue weighted by atomic mass is 10.1. The van der Waals surface area contributed by atoms with Crippen LogP contribution in [0.2, 0.25) is 10.0 Å². The number of halogens is 3. The molecule has 0 spiro atoms.